The Balaban J connectivity index is 1.76. The van der Waals surface area contributed by atoms with Gasteiger partial charge in [-0.05, 0) is 68.3 Å². The quantitative estimate of drug-likeness (QED) is 0.111. The molecule has 3 aromatic rings. The summed E-state index contributed by atoms with van der Waals surface area (Å²) in [4.78, 5) is 25.5. The Morgan fingerprint density at radius 2 is 1.28 bits per heavy atom. The Hall–Kier alpha value is -3.24. The fourth-order valence-electron chi connectivity index (χ4n) is 4.30. The van der Waals surface area contributed by atoms with Crippen LogP contribution in [0.2, 0.25) is 0 Å². The van der Waals surface area contributed by atoms with E-state index in [4.69, 9.17) is 23.3 Å². The van der Waals surface area contributed by atoms with Crippen LogP contribution in [-0.4, -0.2) is 70.2 Å². The van der Waals surface area contributed by atoms with E-state index < -0.39 is 31.4 Å². The van der Waals surface area contributed by atoms with Crippen molar-refractivity contribution >= 4 is 13.8 Å². The SMILES string of the molecule is COc1ccc(Oc2ccc(C(O)(c3ccc(C)cc3)C(C)(C)C(=O)OCCOP(=O)([O-])OCC[N+](C)(C)C)cc2)cc1. The Bertz CT molecular complexity index is 1380. The minimum Gasteiger partial charge on any atom is -0.756 e. The maximum absolute atomic E-state index is 13.4. The number of aryl methyl sites for hydroxylation is 1. The number of methoxy groups -OCH3 is 1. The molecular formula is C32H42NO9P. The van der Waals surface area contributed by atoms with Crippen molar-refractivity contribution in [2.75, 3.05) is 54.6 Å². The average molecular weight is 616 g/mol. The highest BCUT2D eigenvalue weighted by Gasteiger charge is 2.52. The number of benzene rings is 3. The molecule has 3 aromatic carbocycles. The number of quaternary nitrogens is 1. The number of hydrogen-bond acceptors (Lipinski definition) is 9. The van der Waals surface area contributed by atoms with Crippen LogP contribution in [0.15, 0.2) is 72.8 Å². The summed E-state index contributed by atoms with van der Waals surface area (Å²) in [5.41, 5.74) is -1.43. The van der Waals surface area contributed by atoms with E-state index in [1.54, 1.807) is 81.6 Å². The van der Waals surface area contributed by atoms with Gasteiger partial charge in [0, 0.05) is 0 Å². The molecule has 0 aliphatic heterocycles. The highest BCUT2D eigenvalue weighted by Crippen LogP contribution is 2.46. The van der Waals surface area contributed by atoms with E-state index in [9.17, 15) is 19.4 Å². The second-order valence-electron chi connectivity index (χ2n) is 11.8. The lowest BCUT2D eigenvalue weighted by atomic mass is 9.67. The number of hydrogen-bond donors (Lipinski definition) is 1. The molecule has 0 bridgehead atoms. The molecule has 0 aliphatic carbocycles. The lowest BCUT2D eigenvalue weighted by molar-refractivity contribution is -0.870. The van der Waals surface area contributed by atoms with Gasteiger partial charge in [-0.15, -0.1) is 0 Å². The first-order chi connectivity index (χ1) is 20.1. The van der Waals surface area contributed by atoms with E-state index in [1.807, 2.05) is 40.2 Å². The fourth-order valence-corrected chi connectivity index (χ4v) is 4.98. The minimum absolute atomic E-state index is 0.0371. The molecule has 0 aliphatic rings. The van der Waals surface area contributed by atoms with Gasteiger partial charge in [0.1, 0.15) is 42.6 Å². The molecule has 0 saturated carbocycles. The largest absolute Gasteiger partial charge is 0.756 e. The molecule has 0 saturated heterocycles. The smallest absolute Gasteiger partial charge is 0.315 e. The van der Waals surface area contributed by atoms with Crippen molar-refractivity contribution in [1.29, 1.82) is 0 Å². The molecule has 0 heterocycles. The second kappa shape index (κ2) is 14.0. The maximum Gasteiger partial charge on any atom is 0.315 e. The standard InChI is InChI=1S/C32H42NO9P/c1-24-8-10-25(11-9-24)32(35,26-12-14-28(15-13-26)42-29-18-16-27(38-7)17-19-29)31(2,3)30(34)39-22-23-41-43(36,37)40-21-20-33(4,5)6/h8-19,35H,20-23H2,1-7H3. The summed E-state index contributed by atoms with van der Waals surface area (Å²) in [6.07, 6.45) is 0. The lowest BCUT2D eigenvalue weighted by Crippen LogP contribution is -2.49. The summed E-state index contributed by atoms with van der Waals surface area (Å²) in [5, 5.41) is 12.3. The molecule has 0 amide bonds. The summed E-state index contributed by atoms with van der Waals surface area (Å²) >= 11 is 0. The topological polar surface area (TPSA) is 124 Å². The Kier molecular flexibility index (Phi) is 11.2. The Morgan fingerprint density at radius 3 is 1.79 bits per heavy atom. The third-order valence-corrected chi connectivity index (χ3v) is 8.03. The molecule has 0 aromatic heterocycles. The van der Waals surface area contributed by atoms with Crippen molar-refractivity contribution in [3.63, 3.8) is 0 Å². The van der Waals surface area contributed by atoms with Gasteiger partial charge in [0.05, 0.1) is 40.3 Å². The third kappa shape index (κ3) is 9.13. The van der Waals surface area contributed by atoms with E-state index >= 15 is 0 Å². The van der Waals surface area contributed by atoms with Crippen molar-refractivity contribution in [1.82, 2.24) is 0 Å². The van der Waals surface area contributed by atoms with E-state index in [0.717, 1.165) is 5.56 Å². The van der Waals surface area contributed by atoms with Crippen LogP contribution in [0.3, 0.4) is 0 Å². The molecule has 10 nitrogen and oxygen atoms in total. The predicted octanol–water partition coefficient (Wildman–Crippen LogP) is 4.81. The summed E-state index contributed by atoms with van der Waals surface area (Å²) in [6, 6.07) is 21.1. The van der Waals surface area contributed by atoms with Crippen LogP contribution in [-0.2, 0) is 28.7 Å². The molecule has 0 fully saturated rings. The van der Waals surface area contributed by atoms with Gasteiger partial charge in [0.25, 0.3) is 7.82 Å². The number of esters is 1. The molecule has 0 radical (unpaired) electrons. The van der Waals surface area contributed by atoms with Crippen LogP contribution in [0, 0.1) is 12.3 Å². The van der Waals surface area contributed by atoms with Crippen LogP contribution in [0.4, 0.5) is 0 Å². The van der Waals surface area contributed by atoms with Gasteiger partial charge < -0.3 is 37.7 Å². The van der Waals surface area contributed by atoms with Gasteiger partial charge in [0.15, 0.2) is 0 Å². The molecular weight excluding hydrogens is 573 g/mol. The first-order valence-electron chi connectivity index (χ1n) is 13.9. The second-order valence-corrected chi connectivity index (χ2v) is 13.2. The van der Waals surface area contributed by atoms with Gasteiger partial charge in [-0.3, -0.25) is 9.36 Å². The van der Waals surface area contributed by atoms with Crippen LogP contribution >= 0.6 is 7.82 Å². The molecule has 2 atom stereocenters. The van der Waals surface area contributed by atoms with Gasteiger partial charge >= 0.3 is 5.97 Å². The van der Waals surface area contributed by atoms with Crippen molar-refractivity contribution in [3.05, 3.63) is 89.5 Å². The Labute approximate surface area is 253 Å². The van der Waals surface area contributed by atoms with E-state index in [2.05, 4.69) is 0 Å². The van der Waals surface area contributed by atoms with Crippen molar-refractivity contribution in [3.8, 4) is 17.2 Å². The van der Waals surface area contributed by atoms with Crippen LogP contribution in [0.25, 0.3) is 0 Å². The molecule has 11 heteroatoms. The van der Waals surface area contributed by atoms with Gasteiger partial charge in [-0.2, -0.15) is 0 Å². The zero-order chi connectivity index (χ0) is 31.9. The number of aliphatic hydroxyl groups is 1. The first kappa shape index (κ1) is 34.3. The number of rotatable bonds is 15. The van der Waals surface area contributed by atoms with Crippen molar-refractivity contribution in [2.45, 2.75) is 26.4 Å². The highest BCUT2D eigenvalue weighted by atomic mass is 31.2. The van der Waals surface area contributed by atoms with Crippen LogP contribution < -0.4 is 14.4 Å². The molecule has 2 unspecified atom stereocenters. The molecule has 234 valence electrons. The van der Waals surface area contributed by atoms with E-state index in [1.165, 1.54) is 0 Å². The highest BCUT2D eigenvalue weighted by molar-refractivity contribution is 7.45. The molecule has 3 rings (SSSR count). The summed E-state index contributed by atoms with van der Waals surface area (Å²) in [6.45, 7) is 4.72. The molecule has 43 heavy (non-hydrogen) atoms. The number of phosphoric ester groups is 1. The first-order valence-corrected chi connectivity index (χ1v) is 15.3. The number of likely N-dealkylation sites (N-methyl/N-ethyl adjacent to an activating group) is 1. The third-order valence-electron chi connectivity index (χ3n) is 7.03. The van der Waals surface area contributed by atoms with Gasteiger partial charge in [0.2, 0.25) is 0 Å². The van der Waals surface area contributed by atoms with Crippen molar-refractivity contribution < 1.29 is 47.1 Å². The van der Waals surface area contributed by atoms with Crippen LogP contribution in [0.1, 0.15) is 30.5 Å². The van der Waals surface area contributed by atoms with Crippen LogP contribution in [0.5, 0.6) is 17.2 Å². The molecule has 0 spiro atoms. The summed E-state index contributed by atoms with van der Waals surface area (Å²) in [5.74, 6) is 1.10. The van der Waals surface area contributed by atoms with Gasteiger partial charge in [-0.1, -0.05) is 42.0 Å². The average Bonchev–Trinajstić information content (AvgIpc) is 2.95. The van der Waals surface area contributed by atoms with Crippen molar-refractivity contribution in [2.24, 2.45) is 5.41 Å². The zero-order valence-corrected chi connectivity index (χ0v) is 26.8. The number of carbonyl (C=O) groups is 1. The summed E-state index contributed by atoms with van der Waals surface area (Å²) < 4.78 is 38.9. The number of phosphoric acid groups is 1. The predicted molar refractivity (Wildman–Crippen MR) is 161 cm³/mol. The lowest BCUT2D eigenvalue weighted by Gasteiger charge is -2.41. The number of nitrogens with zero attached hydrogens (tertiary/aromatic N) is 1. The maximum atomic E-state index is 13.4. The molecule has 1 N–H and O–H groups in total. The summed E-state index contributed by atoms with van der Waals surface area (Å²) in [7, 11) is 2.74. The normalized spacial score (nSPS) is 14.8. The fraction of sp³-hybridized carbons (Fsp3) is 0.406. The van der Waals surface area contributed by atoms with E-state index in [0.29, 0.717) is 39.4 Å². The van der Waals surface area contributed by atoms with Gasteiger partial charge in [-0.25, -0.2) is 0 Å². The zero-order valence-electron chi connectivity index (χ0n) is 25.9. The Morgan fingerprint density at radius 1 is 0.814 bits per heavy atom. The number of ether oxygens (including phenoxy) is 3. The van der Waals surface area contributed by atoms with E-state index in [-0.39, 0.29) is 13.2 Å². The minimum atomic E-state index is -4.57. The monoisotopic (exact) mass is 615 g/mol. The number of carbonyl (C=O) groups excluding carboxylic acids is 1.